The summed E-state index contributed by atoms with van der Waals surface area (Å²) < 4.78 is 18.8. The van der Waals surface area contributed by atoms with Crippen molar-refractivity contribution in [1.29, 1.82) is 0 Å². The quantitative estimate of drug-likeness (QED) is 0.687. The number of esters is 1. The summed E-state index contributed by atoms with van der Waals surface area (Å²) in [5.41, 5.74) is 1.04. The van der Waals surface area contributed by atoms with Crippen molar-refractivity contribution in [1.82, 2.24) is 14.8 Å². The van der Waals surface area contributed by atoms with Gasteiger partial charge in [0, 0.05) is 19.5 Å². The van der Waals surface area contributed by atoms with Gasteiger partial charge in [-0.3, -0.25) is 14.9 Å². The molecule has 0 aliphatic carbocycles. The summed E-state index contributed by atoms with van der Waals surface area (Å²) in [6.45, 7) is 2.27. The summed E-state index contributed by atoms with van der Waals surface area (Å²) in [5, 5.41) is 6.36. The Hall–Kier alpha value is -2.77. The fourth-order valence-corrected chi connectivity index (χ4v) is 1.86. The molecule has 8 heteroatoms. The molecule has 0 bridgehead atoms. The number of carbonyl (C=O) groups excluding carboxylic acids is 2. The molecule has 0 saturated heterocycles. The number of aryl methyl sites for hydroxylation is 2. The Morgan fingerprint density at radius 2 is 2.09 bits per heavy atom. The number of nitrogens with zero attached hydrogens (tertiary/aromatic N) is 3. The molecule has 2 aromatic rings. The van der Waals surface area contributed by atoms with Crippen LogP contribution < -0.4 is 10.1 Å². The van der Waals surface area contributed by atoms with Gasteiger partial charge in [-0.15, -0.1) is 5.10 Å². The van der Waals surface area contributed by atoms with Crippen LogP contribution in [-0.2, 0) is 18.5 Å². The van der Waals surface area contributed by atoms with Crippen molar-refractivity contribution in [3.63, 3.8) is 0 Å². The number of carbonyl (C=O) groups is 2. The van der Waals surface area contributed by atoms with Gasteiger partial charge in [-0.1, -0.05) is 0 Å². The molecule has 2 rings (SSSR count). The van der Waals surface area contributed by atoms with Crippen LogP contribution in [0.25, 0.3) is 0 Å². The Labute approximate surface area is 126 Å². The molecule has 1 N–H and O–H groups in total. The molecule has 1 amide bonds. The Balaban J connectivity index is 2.21. The molecule has 0 aliphatic rings. The van der Waals surface area contributed by atoms with Crippen LogP contribution in [0.3, 0.4) is 0 Å². The zero-order chi connectivity index (χ0) is 16.3. The van der Waals surface area contributed by atoms with Crippen molar-refractivity contribution in [3.8, 4) is 5.75 Å². The van der Waals surface area contributed by atoms with Gasteiger partial charge >= 0.3 is 5.97 Å². The Bertz CT molecular complexity index is 727. The monoisotopic (exact) mass is 306 g/mol. The molecule has 0 radical (unpaired) electrons. The van der Waals surface area contributed by atoms with E-state index in [1.54, 1.807) is 19.1 Å². The van der Waals surface area contributed by atoms with E-state index < -0.39 is 18.6 Å². The Morgan fingerprint density at radius 1 is 1.36 bits per heavy atom. The molecule has 1 heterocycles. The van der Waals surface area contributed by atoms with Crippen molar-refractivity contribution in [2.45, 2.75) is 20.5 Å². The third-order valence-electron chi connectivity index (χ3n) is 2.77. The first kappa shape index (κ1) is 15.6. The minimum absolute atomic E-state index is 0.00990. The number of halogens is 1. The van der Waals surface area contributed by atoms with E-state index in [0.717, 1.165) is 5.56 Å². The van der Waals surface area contributed by atoms with Crippen molar-refractivity contribution in [2.75, 3.05) is 5.32 Å². The van der Waals surface area contributed by atoms with E-state index in [-0.39, 0.29) is 23.1 Å². The molecular weight excluding hydrogens is 291 g/mol. The highest BCUT2D eigenvalue weighted by Gasteiger charge is 2.13. The molecule has 0 saturated carbocycles. The molecule has 1 aromatic carbocycles. The Morgan fingerprint density at radius 3 is 2.68 bits per heavy atom. The van der Waals surface area contributed by atoms with Gasteiger partial charge in [-0.25, -0.2) is 9.07 Å². The zero-order valence-corrected chi connectivity index (χ0v) is 12.4. The number of hydrogen-bond donors (Lipinski definition) is 1. The fourth-order valence-electron chi connectivity index (χ4n) is 1.86. The minimum Gasteiger partial charge on any atom is -0.427 e. The first-order chi connectivity index (χ1) is 10.4. The van der Waals surface area contributed by atoms with Crippen LogP contribution in [0.4, 0.5) is 10.3 Å². The van der Waals surface area contributed by atoms with Gasteiger partial charge in [0.2, 0.25) is 5.95 Å². The molecule has 116 valence electrons. The van der Waals surface area contributed by atoms with Gasteiger partial charge in [-0.05, 0) is 30.7 Å². The number of rotatable bonds is 4. The number of benzene rings is 1. The molecular formula is C14H15FN4O3. The van der Waals surface area contributed by atoms with Crippen LogP contribution in [0.1, 0.15) is 28.7 Å². The third kappa shape index (κ3) is 3.66. The number of amides is 1. The van der Waals surface area contributed by atoms with E-state index in [2.05, 4.69) is 15.4 Å². The van der Waals surface area contributed by atoms with Crippen LogP contribution in [0.2, 0.25) is 0 Å². The number of nitrogens with one attached hydrogen (secondary N) is 1. The maximum absolute atomic E-state index is 12.6. The highest BCUT2D eigenvalue weighted by Crippen LogP contribution is 2.18. The van der Waals surface area contributed by atoms with Gasteiger partial charge in [0.25, 0.3) is 5.91 Å². The molecule has 0 atom stereocenters. The van der Waals surface area contributed by atoms with E-state index in [1.807, 2.05) is 0 Å². The molecule has 0 aliphatic heterocycles. The second kappa shape index (κ2) is 6.33. The lowest BCUT2D eigenvalue weighted by Crippen LogP contribution is -2.14. The maximum atomic E-state index is 12.6. The number of anilines is 1. The van der Waals surface area contributed by atoms with E-state index in [4.69, 9.17) is 4.74 Å². The van der Waals surface area contributed by atoms with Gasteiger partial charge in [0.05, 0.1) is 0 Å². The summed E-state index contributed by atoms with van der Waals surface area (Å²) in [7, 11) is 1.53. The predicted molar refractivity (Wildman–Crippen MR) is 76.3 cm³/mol. The van der Waals surface area contributed by atoms with Gasteiger partial charge in [0.15, 0.2) is 5.82 Å². The largest absolute Gasteiger partial charge is 0.427 e. The minimum atomic E-state index is -0.777. The van der Waals surface area contributed by atoms with Crippen molar-refractivity contribution < 1.29 is 18.7 Å². The smallest absolute Gasteiger partial charge is 0.308 e. The van der Waals surface area contributed by atoms with Gasteiger partial charge in [-0.2, -0.15) is 4.98 Å². The lowest BCUT2D eigenvalue weighted by atomic mass is 10.1. The third-order valence-corrected chi connectivity index (χ3v) is 2.77. The standard InChI is InChI=1S/C14H15FN4O3/c1-8-4-10(6-11(5-8)22-9(2)20)13(21)17-14-16-12(7-15)19(3)18-14/h4-6H,7H2,1-3H3,(H,17,18,21). The van der Waals surface area contributed by atoms with Crippen LogP contribution >= 0.6 is 0 Å². The lowest BCUT2D eigenvalue weighted by Gasteiger charge is -2.06. The predicted octanol–water partition coefficient (Wildman–Crippen LogP) is 1.77. The molecule has 0 unspecified atom stereocenters. The molecule has 22 heavy (non-hydrogen) atoms. The summed E-state index contributed by atoms with van der Waals surface area (Å²) in [6.07, 6.45) is 0. The number of aromatic nitrogens is 3. The summed E-state index contributed by atoms with van der Waals surface area (Å²) in [6, 6.07) is 4.70. The van der Waals surface area contributed by atoms with E-state index >= 15 is 0 Å². The highest BCUT2D eigenvalue weighted by molar-refractivity contribution is 6.03. The Kier molecular flexibility index (Phi) is 4.50. The summed E-state index contributed by atoms with van der Waals surface area (Å²) >= 11 is 0. The van der Waals surface area contributed by atoms with Crippen LogP contribution in [0.15, 0.2) is 18.2 Å². The molecule has 1 aromatic heterocycles. The fraction of sp³-hybridized carbons (Fsp3) is 0.286. The topological polar surface area (TPSA) is 86.1 Å². The lowest BCUT2D eigenvalue weighted by molar-refractivity contribution is -0.131. The molecule has 7 nitrogen and oxygen atoms in total. The number of ether oxygens (including phenoxy) is 1. The highest BCUT2D eigenvalue weighted by atomic mass is 19.1. The molecule has 0 fully saturated rings. The average molecular weight is 306 g/mol. The van der Waals surface area contributed by atoms with E-state index in [9.17, 15) is 14.0 Å². The summed E-state index contributed by atoms with van der Waals surface area (Å²) in [5.74, 6) is -0.559. The SMILES string of the molecule is CC(=O)Oc1cc(C)cc(C(=O)Nc2nc(CF)n(C)n2)c1. The first-order valence-electron chi connectivity index (χ1n) is 6.46. The van der Waals surface area contributed by atoms with Crippen LogP contribution in [0.5, 0.6) is 5.75 Å². The second-order valence-electron chi connectivity index (χ2n) is 4.69. The van der Waals surface area contributed by atoms with Crippen molar-refractivity contribution in [2.24, 2.45) is 7.05 Å². The van der Waals surface area contributed by atoms with E-state index in [1.165, 1.54) is 24.7 Å². The zero-order valence-electron chi connectivity index (χ0n) is 12.4. The summed E-state index contributed by atoms with van der Waals surface area (Å²) in [4.78, 5) is 27.0. The maximum Gasteiger partial charge on any atom is 0.308 e. The van der Waals surface area contributed by atoms with Crippen molar-refractivity contribution in [3.05, 3.63) is 35.2 Å². The molecule has 0 spiro atoms. The van der Waals surface area contributed by atoms with Gasteiger partial charge < -0.3 is 4.74 Å². The van der Waals surface area contributed by atoms with Crippen LogP contribution in [0, 0.1) is 6.92 Å². The normalized spacial score (nSPS) is 10.4. The van der Waals surface area contributed by atoms with Crippen molar-refractivity contribution >= 4 is 17.8 Å². The van der Waals surface area contributed by atoms with Crippen LogP contribution in [-0.4, -0.2) is 26.6 Å². The number of hydrogen-bond acceptors (Lipinski definition) is 5. The average Bonchev–Trinajstić information content (AvgIpc) is 2.77. The van der Waals surface area contributed by atoms with Gasteiger partial charge in [0.1, 0.15) is 12.4 Å². The van der Waals surface area contributed by atoms with E-state index in [0.29, 0.717) is 0 Å². The number of alkyl halides is 1. The first-order valence-corrected chi connectivity index (χ1v) is 6.46. The second-order valence-corrected chi connectivity index (χ2v) is 4.69.